The van der Waals surface area contributed by atoms with Crippen LogP contribution in [0, 0.1) is 13.8 Å². The van der Waals surface area contributed by atoms with Crippen LogP contribution in [-0.4, -0.2) is 58.9 Å². The molecule has 1 saturated heterocycles. The molecule has 0 bridgehead atoms. The fraction of sp³-hybridized carbons (Fsp3) is 0.269. The highest BCUT2D eigenvalue weighted by Gasteiger charge is 2.26. The summed E-state index contributed by atoms with van der Waals surface area (Å²) in [6.07, 6.45) is 0. The van der Waals surface area contributed by atoms with Crippen molar-refractivity contribution in [2.45, 2.75) is 13.8 Å². The number of fused-ring (bicyclic) bond motifs is 1. The zero-order valence-electron chi connectivity index (χ0n) is 19.2. The van der Waals surface area contributed by atoms with Crippen LogP contribution in [0.5, 0.6) is 5.75 Å². The maximum absolute atomic E-state index is 13.6. The number of piperazine rings is 1. The zero-order valence-corrected chi connectivity index (χ0v) is 19.2. The number of hydrogen-bond donors (Lipinski definition) is 0. The van der Waals surface area contributed by atoms with Crippen LogP contribution in [0.2, 0.25) is 0 Å². The van der Waals surface area contributed by atoms with E-state index in [1.165, 1.54) is 0 Å². The molecular weight excluding hydrogens is 414 g/mol. The molecule has 1 fully saturated rings. The first kappa shape index (κ1) is 21.0. The Morgan fingerprint density at radius 3 is 2.27 bits per heavy atom. The van der Waals surface area contributed by atoms with Crippen LogP contribution in [0.1, 0.15) is 21.7 Å². The molecule has 1 amide bonds. The largest absolute Gasteiger partial charge is 0.497 e. The second kappa shape index (κ2) is 8.58. The van der Waals surface area contributed by atoms with Crippen LogP contribution in [0.25, 0.3) is 16.7 Å². The number of carbonyl (C=O) groups is 1. The van der Waals surface area contributed by atoms with Gasteiger partial charge in [-0.1, -0.05) is 18.2 Å². The van der Waals surface area contributed by atoms with Gasteiger partial charge in [-0.25, -0.2) is 9.67 Å². The first-order chi connectivity index (χ1) is 16.0. The van der Waals surface area contributed by atoms with E-state index in [0.717, 1.165) is 52.6 Å². The Morgan fingerprint density at radius 1 is 0.909 bits per heavy atom. The number of ether oxygens (including phenoxy) is 1. The molecule has 0 spiro atoms. The minimum Gasteiger partial charge on any atom is -0.497 e. The summed E-state index contributed by atoms with van der Waals surface area (Å²) in [5.41, 5.74) is 5.08. The zero-order chi connectivity index (χ0) is 22.9. The van der Waals surface area contributed by atoms with E-state index in [9.17, 15) is 4.79 Å². The van der Waals surface area contributed by atoms with Crippen molar-refractivity contribution in [3.63, 3.8) is 0 Å². The second-order valence-electron chi connectivity index (χ2n) is 8.32. The molecule has 33 heavy (non-hydrogen) atoms. The Kier molecular flexibility index (Phi) is 5.46. The normalized spacial score (nSPS) is 14.0. The molecule has 1 aliphatic heterocycles. The third-order valence-electron chi connectivity index (χ3n) is 6.18. The van der Waals surface area contributed by atoms with E-state index in [1.54, 1.807) is 7.11 Å². The summed E-state index contributed by atoms with van der Waals surface area (Å²) in [5.74, 6) is 0.881. The number of methoxy groups -OCH3 is 1. The van der Waals surface area contributed by atoms with Crippen molar-refractivity contribution in [2.24, 2.45) is 0 Å². The highest BCUT2D eigenvalue weighted by atomic mass is 16.5. The Bertz CT molecular complexity index is 1290. The minimum atomic E-state index is 0.0376. The number of benzene rings is 2. The van der Waals surface area contributed by atoms with Gasteiger partial charge in [0, 0.05) is 37.6 Å². The van der Waals surface area contributed by atoms with Crippen LogP contribution in [0.15, 0.2) is 60.7 Å². The van der Waals surface area contributed by atoms with E-state index < -0.39 is 0 Å². The van der Waals surface area contributed by atoms with Gasteiger partial charge in [0.2, 0.25) is 0 Å². The molecule has 7 nitrogen and oxygen atoms in total. The molecule has 0 saturated carbocycles. The number of para-hydroxylation sites is 1. The first-order valence-electron chi connectivity index (χ1n) is 11.2. The van der Waals surface area contributed by atoms with Gasteiger partial charge in [-0.2, -0.15) is 5.10 Å². The summed E-state index contributed by atoms with van der Waals surface area (Å²) in [4.78, 5) is 22.6. The molecule has 0 N–H and O–H groups in total. The molecule has 2 aromatic carbocycles. The highest BCUT2D eigenvalue weighted by molar-refractivity contribution is 6.06. The highest BCUT2D eigenvalue weighted by Crippen LogP contribution is 2.27. The number of carbonyl (C=O) groups excluding carboxylic acids is 1. The molecule has 3 heterocycles. The van der Waals surface area contributed by atoms with Crippen LogP contribution < -0.4 is 9.64 Å². The average molecular weight is 442 g/mol. The standard InChI is InChI=1S/C26H27N5O2/c1-18-17-23(24-19(2)28-31(25(24)27-18)21-7-5-4-6-8-21)26(32)30-15-13-29(14-16-30)20-9-11-22(33-3)12-10-20/h4-12,17H,13-16H2,1-3H3. The lowest BCUT2D eigenvalue weighted by molar-refractivity contribution is 0.0748. The Hall–Kier alpha value is -3.87. The van der Waals surface area contributed by atoms with Gasteiger partial charge in [-0.15, -0.1) is 0 Å². The first-order valence-corrected chi connectivity index (χ1v) is 11.2. The molecule has 0 radical (unpaired) electrons. The van der Waals surface area contributed by atoms with Gasteiger partial charge in [0.05, 0.1) is 29.4 Å². The number of hydrogen-bond acceptors (Lipinski definition) is 5. The second-order valence-corrected chi connectivity index (χ2v) is 8.32. The summed E-state index contributed by atoms with van der Waals surface area (Å²) in [6.45, 7) is 6.77. The number of aromatic nitrogens is 3. The van der Waals surface area contributed by atoms with Gasteiger partial charge in [0.15, 0.2) is 5.65 Å². The van der Waals surface area contributed by atoms with E-state index >= 15 is 0 Å². The molecule has 4 aromatic rings. The van der Waals surface area contributed by atoms with Gasteiger partial charge in [-0.05, 0) is 56.3 Å². The number of nitrogens with zero attached hydrogens (tertiary/aromatic N) is 5. The summed E-state index contributed by atoms with van der Waals surface area (Å²) in [7, 11) is 1.67. The Labute approximate surface area is 193 Å². The predicted octanol–water partition coefficient (Wildman–Crippen LogP) is 4.01. The lowest BCUT2D eigenvalue weighted by Gasteiger charge is -2.36. The predicted molar refractivity (Wildman–Crippen MR) is 129 cm³/mol. The van der Waals surface area contributed by atoms with Crippen molar-refractivity contribution in [1.29, 1.82) is 0 Å². The molecule has 168 valence electrons. The summed E-state index contributed by atoms with van der Waals surface area (Å²) in [6, 6.07) is 19.9. The SMILES string of the molecule is COc1ccc(N2CCN(C(=O)c3cc(C)nc4c3c(C)nn4-c3ccccc3)CC2)cc1. The van der Waals surface area contributed by atoms with E-state index in [2.05, 4.69) is 17.0 Å². The van der Waals surface area contributed by atoms with Crippen molar-refractivity contribution in [3.05, 3.63) is 77.6 Å². The fourth-order valence-corrected chi connectivity index (χ4v) is 4.46. The number of amides is 1. The summed E-state index contributed by atoms with van der Waals surface area (Å²) in [5, 5.41) is 5.55. The lowest BCUT2D eigenvalue weighted by Crippen LogP contribution is -2.48. The molecular formula is C26H27N5O2. The fourth-order valence-electron chi connectivity index (χ4n) is 4.46. The smallest absolute Gasteiger partial charge is 0.254 e. The topological polar surface area (TPSA) is 63.5 Å². The number of rotatable bonds is 4. The molecule has 1 aliphatic rings. The lowest BCUT2D eigenvalue weighted by atomic mass is 10.1. The van der Waals surface area contributed by atoms with Crippen LogP contribution in [0.4, 0.5) is 5.69 Å². The molecule has 7 heteroatoms. The van der Waals surface area contributed by atoms with Gasteiger partial charge >= 0.3 is 0 Å². The van der Waals surface area contributed by atoms with Crippen molar-refractivity contribution in [2.75, 3.05) is 38.2 Å². The van der Waals surface area contributed by atoms with Crippen LogP contribution >= 0.6 is 0 Å². The number of anilines is 1. The van der Waals surface area contributed by atoms with Crippen LogP contribution in [-0.2, 0) is 0 Å². The van der Waals surface area contributed by atoms with E-state index in [-0.39, 0.29) is 5.91 Å². The monoisotopic (exact) mass is 441 g/mol. The van der Waals surface area contributed by atoms with Crippen LogP contribution in [0.3, 0.4) is 0 Å². The number of aryl methyl sites for hydroxylation is 2. The maximum atomic E-state index is 13.6. The van der Waals surface area contributed by atoms with E-state index in [0.29, 0.717) is 18.7 Å². The summed E-state index contributed by atoms with van der Waals surface area (Å²) < 4.78 is 7.08. The van der Waals surface area contributed by atoms with Gasteiger partial charge < -0.3 is 14.5 Å². The third kappa shape index (κ3) is 3.91. The molecule has 2 aromatic heterocycles. The molecule has 0 aliphatic carbocycles. The van der Waals surface area contributed by atoms with Gasteiger partial charge in [0.1, 0.15) is 5.75 Å². The molecule has 0 unspecified atom stereocenters. The molecule has 0 atom stereocenters. The molecule has 5 rings (SSSR count). The third-order valence-corrected chi connectivity index (χ3v) is 6.18. The van der Waals surface area contributed by atoms with Gasteiger partial charge in [-0.3, -0.25) is 4.79 Å². The average Bonchev–Trinajstić information content (AvgIpc) is 3.19. The Morgan fingerprint density at radius 2 is 1.61 bits per heavy atom. The van der Waals surface area contributed by atoms with Crippen molar-refractivity contribution >= 4 is 22.6 Å². The van der Waals surface area contributed by atoms with E-state index in [1.807, 2.05) is 72.0 Å². The quantitative estimate of drug-likeness (QED) is 0.479. The van der Waals surface area contributed by atoms with Crippen molar-refractivity contribution in [1.82, 2.24) is 19.7 Å². The van der Waals surface area contributed by atoms with E-state index in [4.69, 9.17) is 14.8 Å². The summed E-state index contributed by atoms with van der Waals surface area (Å²) >= 11 is 0. The Balaban J connectivity index is 1.41. The van der Waals surface area contributed by atoms with Crippen molar-refractivity contribution < 1.29 is 9.53 Å². The van der Waals surface area contributed by atoms with Crippen molar-refractivity contribution in [3.8, 4) is 11.4 Å². The number of pyridine rings is 1. The van der Waals surface area contributed by atoms with Gasteiger partial charge in [0.25, 0.3) is 5.91 Å². The maximum Gasteiger partial charge on any atom is 0.254 e. The minimum absolute atomic E-state index is 0.0376.